The molecular weight excluding hydrogens is 352 g/mol. The first-order valence-electron chi connectivity index (χ1n) is 5.22. The number of benzene rings is 2. The minimum Gasteiger partial charge on any atom is -0.399 e. The largest absolute Gasteiger partial charge is 0.399 e. The van der Waals surface area contributed by atoms with Crippen LogP contribution in [0.25, 0.3) is 0 Å². The lowest BCUT2D eigenvalue weighted by Gasteiger charge is -2.10. The minimum atomic E-state index is -3.70. The van der Waals surface area contributed by atoms with Gasteiger partial charge in [-0.1, -0.05) is 33.6 Å². The van der Waals surface area contributed by atoms with Crippen LogP contribution in [0.3, 0.4) is 0 Å². The van der Waals surface area contributed by atoms with Crippen LogP contribution < -0.4 is 10.5 Å². The number of hydrogen-bond donors (Lipinski definition) is 2. The van der Waals surface area contributed by atoms with Crippen LogP contribution >= 0.6 is 27.5 Å². The van der Waals surface area contributed by atoms with Gasteiger partial charge in [-0.2, -0.15) is 0 Å². The van der Waals surface area contributed by atoms with E-state index in [1.54, 1.807) is 18.2 Å². The van der Waals surface area contributed by atoms with Gasteiger partial charge in [0, 0.05) is 10.2 Å². The van der Waals surface area contributed by atoms with E-state index in [1.807, 2.05) is 0 Å². The summed E-state index contributed by atoms with van der Waals surface area (Å²) in [7, 11) is -3.70. The minimum absolute atomic E-state index is 0.139. The monoisotopic (exact) mass is 360 g/mol. The molecule has 0 saturated heterocycles. The first-order chi connectivity index (χ1) is 8.88. The zero-order valence-electron chi connectivity index (χ0n) is 9.60. The molecule has 0 aliphatic carbocycles. The molecule has 0 heterocycles. The number of nitrogen functional groups attached to an aromatic ring is 1. The average Bonchev–Trinajstić information content (AvgIpc) is 2.33. The quantitative estimate of drug-likeness (QED) is 0.822. The predicted octanol–water partition coefficient (Wildman–Crippen LogP) is 3.49. The van der Waals surface area contributed by atoms with Gasteiger partial charge >= 0.3 is 0 Å². The van der Waals surface area contributed by atoms with Crippen molar-refractivity contribution in [2.24, 2.45) is 0 Å². The molecule has 0 aromatic heterocycles. The molecule has 0 saturated carbocycles. The van der Waals surface area contributed by atoms with Crippen molar-refractivity contribution < 1.29 is 8.42 Å². The molecule has 19 heavy (non-hydrogen) atoms. The molecule has 2 aromatic rings. The van der Waals surface area contributed by atoms with Gasteiger partial charge in [-0.05, 0) is 36.4 Å². The topological polar surface area (TPSA) is 72.2 Å². The second-order valence-corrected chi connectivity index (χ2v) is 6.81. The van der Waals surface area contributed by atoms with Crippen LogP contribution in [-0.4, -0.2) is 8.42 Å². The van der Waals surface area contributed by atoms with Gasteiger partial charge in [0.2, 0.25) is 0 Å². The Balaban J connectivity index is 2.39. The fourth-order valence-corrected chi connectivity index (χ4v) is 3.35. The summed E-state index contributed by atoms with van der Waals surface area (Å²) in [4.78, 5) is 0.139. The van der Waals surface area contributed by atoms with Gasteiger partial charge in [-0.25, -0.2) is 8.42 Å². The SMILES string of the molecule is Nc1ccc(Cl)c(NS(=O)(=O)c2cccc(Br)c2)c1. The third-order valence-corrected chi connectivity index (χ3v) is 4.53. The number of halogens is 2. The first-order valence-corrected chi connectivity index (χ1v) is 7.87. The van der Waals surface area contributed by atoms with Crippen LogP contribution in [0, 0.1) is 0 Å². The Morgan fingerprint density at radius 3 is 2.58 bits per heavy atom. The fourth-order valence-electron chi connectivity index (χ4n) is 1.46. The molecule has 0 aliphatic heterocycles. The average molecular weight is 362 g/mol. The molecule has 3 N–H and O–H groups in total. The van der Waals surface area contributed by atoms with Gasteiger partial charge in [0.1, 0.15) is 0 Å². The number of sulfonamides is 1. The molecular formula is C12H10BrClN2O2S. The summed E-state index contributed by atoms with van der Waals surface area (Å²) in [5.41, 5.74) is 6.29. The molecule has 4 nitrogen and oxygen atoms in total. The van der Waals surface area contributed by atoms with Gasteiger partial charge in [-0.3, -0.25) is 4.72 Å². The molecule has 0 atom stereocenters. The number of anilines is 2. The zero-order chi connectivity index (χ0) is 14.0. The standard InChI is InChI=1S/C12H10BrClN2O2S/c13-8-2-1-3-10(6-8)19(17,18)16-12-7-9(15)4-5-11(12)14/h1-7,16H,15H2. The van der Waals surface area contributed by atoms with E-state index in [4.69, 9.17) is 17.3 Å². The van der Waals surface area contributed by atoms with Crippen molar-refractivity contribution in [2.45, 2.75) is 4.90 Å². The Hall–Kier alpha value is -1.24. The van der Waals surface area contributed by atoms with Crippen molar-refractivity contribution in [3.05, 3.63) is 52.0 Å². The van der Waals surface area contributed by atoms with Gasteiger partial charge in [0.25, 0.3) is 10.0 Å². The highest BCUT2D eigenvalue weighted by molar-refractivity contribution is 9.10. The Bertz CT molecular complexity index is 719. The normalized spacial score (nSPS) is 11.3. The van der Waals surface area contributed by atoms with Gasteiger partial charge < -0.3 is 5.73 Å². The number of nitrogens with two attached hydrogens (primary N) is 1. The molecule has 2 rings (SSSR count). The molecule has 0 bridgehead atoms. The second kappa shape index (κ2) is 5.40. The summed E-state index contributed by atoms with van der Waals surface area (Å²) in [6.07, 6.45) is 0. The van der Waals surface area contributed by atoms with E-state index >= 15 is 0 Å². The van der Waals surface area contributed by atoms with Gasteiger partial charge in [0.05, 0.1) is 15.6 Å². The maximum atomic E-state index is 12.2. The molecule has 2 aromatic carbocycles. The molecule has 0 fully saturated rings. The van der Waals surface area contributed by atoms with Gasteiger partial charge in [-0.15, -0.1) is 0 Å². The lowest BCUT2D eigenvalue weighted by molar-refractivity contribution is 0.601. The van der Waals surface area contributed by atoms with Crippen molar-refractivity contribution in [1.29, 1.82) is 0 Å². The highest BCUT2D eigenvalue weighted by atomic mass is 79.9. The Kier molecular flexibility index (Phi) is 4.03. The first kappa shape index (κ1) is 14.2. The zero-order valence-corrected chi connectivity index (χ0v) is 12.8. The summed E-state index contributed by atoms with van der Waals surface area (Å²) < 4.78 is 27.5. The van der Waals surface area contributed by atoms with Crippen molar-refractivity contribution >= 4 is 48.9 Å². The molecule has 0 unspecified atom stereocenters. The van der Waals surface area contributed by atoms with Crippen molar-refractivity contribution in [1.82, 2.24) is 0 Å². The lowest BCUT2D eigenvalue weighted by Crippen LogP contribution is -2.13. The van der Waals surface area contributed by atoms with Crippen LogP contribution in [0.1, 0.15) is 0 Å². The third-order valence-electron chi connectivity index (χ3n) is 2.34. The highest BCUT2D eigenvalue weighted by Gasteiger charge is 2.16. The van der Waals surface area contributed by atoms with Crippen molar-refractivity contribution in [3.63, 3.8) is 0 Å². The van der Waals surface area contributed by atoms with E-state index in [2.05, 4.69) is 20.7 Å². The molecule has 100 valence electrons. The third kappa shape index (κ3) is 3.40. The van der Waals surface area contributed by atoms with Crippen LogP contribution in [0.2, 0.25) is 5.02 Å². The smallest absolute Gasteiger partial charge is 0.261 e. The highest BCUT2D eigenvalue weighted by Crippen LogP contribution is 2.27. The molecule has 0 aliphatic rings. The molecule has 0 spiro atoms. The van der Waals surface area contributed by atoms with E-state index in [-0.39, 0.29) is 15.6 Å². The lowest BCUT2D eigenvalue weighted by atomic mass is 10.3. The molecule has 0 radical (unpaired) electrons. The van der Waals surface area contributed by atoms with Crippen LogP contribution in [0.15, 0.2) is 51.8 Å². The molecule has 0 amide bonds. The maximum Gasteiger partial charge on any atom is 0.261 e. The Morgan fingerprint density at radius 2 is 1.89 bits per heavy atom. The number of hydrogen-bond acceptors (Lipinski definition) is 3. The summed E-state index contributed by atoms with van der Waals surface area (Å²) >= 11 is 9.16. The predicted molar refractivity (Wildman–Crippen MR) is 80.8 cm³/mol. The Labute approximate surface area is 124 Å². The van der Waals surface area contributed by atoms with Crippen LogP contribution in [0.4, 0.5) is 11.4 Å². The maximum absolute atomic E-state index is 12.2. The fraction of sp³-hybridized carbons (Fsp3) is 0. The summed E-state index contributed by atoms with van der Waals surface area (Å²) in [6.45, 7) is 0. The van der Waals surface area contributed by atoms with Crippen molar-refractivity contribution in [3.8, 4) is 0 Å². The van der Waals surface area contributed by atoms with E-state index < -0.39 is 10.0 Å². The number of nitrogens with one attached hydrogen (secondary N) is 1. The summed E-state index contributed by atoms with van der Waals surface area (Å²) in [5.74, 6) is 0. The van der Waals surface area contributed by atoms with E-state index in [0.29, 0.717) is 10.2 Å². The van der Waals surface area contributed by atoms with E-state index in [0.717, 1.165) is 0 Å². The van der Waals surface area contributed by atoms with Crippen LogP contribution in [0.5, 0.6) is 0 Å². The summed E-state index contributed by atoms with van der Waals surface area (Å²) in [5, 5.41) is 0.285. The Morgan fingerprint density at radius 1 is 1.16 bits per heavy atom. The van der Waals surface area contributed by atoms with Gasteiger partial charge in [0.15, 0.2) is 0 Å². The molecule has 7 heteroatoms. The van der Waals surface area contributed by atoms with E-state index in [1.165, 1.54) is 24.3 Å². The summed E-state index contributed by atoms with van der Waals surface area (Å²) in [6, 6.07) is 11.0. The van der Waals surface area contributed by atoms with Crippen molar-refractivity contribution in [2.75, 3.05) is 10.5 Å². The number of rotatable bonds is 3. The second-order valence-electron chi connectivity index (χ2n) is 3.80. The van der Waals surface area contributed by atoms with E-state index in [9.17, 15) is 8.42 Å². The van der Waals surface area contributed by atoms with Crippen LogP contribution in [-0.2, 0) is 10.0 Å².